The highest BCUT2D eigenvalue weighted by atomic mass is 79.9. The maximum atomic E-state index is 14.3. The Kier molecular flexibility index (Phi) is 9.70. The van der Waals surface area contributed by atoms with Crippen molar-refractivity contribution in [2.75, 3.05) is 25.0 Å². The quantitative estimate of drug-likeness (QED) is 0.0836. The van der Waals surface area contributed by atoms with Gasteiger partial charge in [0.05, 0.1) is 36.2 Å². The zero-order valence-corrected chi connectivity index (χ0v) is 30.8. The van der Waals surface area contributed by atoms with Crippen LogP contribution in [0.2, 0.25) is 0 Å². The molecule has 1 aliphatic heterocycles. The maximum Gasteiger partial charge on any atom is 0.416 e. The average Bonchev–Trinajstić information content (AvgIpc) is 3.24. The van der Waals surface area contributed by atoms with E-state index in [1.54, 1.807) is 12.1 Å². The van der Waals surface area contributed by atoms with Gasteiger partial charge in [-0.25, -0.2) is 0 Å². The molecule has 0 amide bonds. The monoisotopic (exact) mass is 776 g/mol. The zero-order chi connectivity index (χ0) is 36.9. The van der Waals surface area contributed by atoms with Gasteiger partial charge in [0.25, 0.3) is 0 Å². The van der Waals surface area contributed by atoms with Crippen molar-refractivity contribution < 1.29 is 30.8 Å². The van der Waals surface area contributed by atoms with E-state index in [1.807, 2.05) is 42.5 Å². The summed E-state index contributed by atoms with van der Waals surface area (Å²) in [5, 5.41) is 2.71. The molecule has 0 saturated carbocycles. The first-order valence-electron chi connectivity index (χ1n) is 17.9. The molecule has 0 aromatic heterocycles. The number of hydrogen-bond donors (Lipinski definition) is 0. The Morgan fingerprint density at radius 3 is 2.08 bits per heavy atom. The minimum atomic E-state index is -4.51. The van der Waals surface area contributed by atoms with Crippen molar-refractivity contribution >= 4 is 38.4 Å². The van der Waals surface area contributed by atoms with Crippen LogP contribution in [0.15, 0.2) is 103 Å². The Morgan fingerprint density at radius 1 is 0.750 bits per heavy atom. The third-order valence-electron chi connectivity index (χ3n) is 11.3. The van der Waals surface area contributed by atoms with E-state index in [4.69, 9.17) is 0 Å². The molecule has 0 spiro atoms. The molecule has 0 saturated heterocycles. The number of benzene rings is 5. The van der Waals surface area contributed by atoms with Gasteiger partial charge in [0.15, 0.2) is 0 Å². The first-order chi connectivity index (χ1) is 24.8. The minimum Gasteiger partial charge on any atom is -0.319 e. The van der Waals surface area contributed by atoms with E-state index < -0.39 is 28.9 Å². The summed E-state index contributed by atoms with van der Waals surface area (Å²) in [4.78, 5) is 0. The lowest BCUT2D eigenvalue weighted by atomic mass is 9.59. The van der Waals surface area contributed by atoms with E-state index in [9.17, 15) is 26.3 Å². The zero-order valence-electron chi connectivity index (χ0n) is 29.2. The van der Waals surface area contributed by atoms with Gasteiger partial charge in [-0.15, -0.1) is 0 Å². The molecule has 0 fully saturated rings. The third-order valence-corrected chi connectivity index (χ3v) is 11.8. The molecule has 8 heteroatoms. The second-order valence-corrected chi connectivity index (χ2v) is 15.5. The standard InChI is InChI=1S/C44H41BrF6N/c1-3-4-21-52(22-11-20-45)27-38-37(29-14-9-16-33(23-29)43(46,47)48)25-30-12-5-7-18-35(30)40(38)41-36-19-8-6-13-31(36)26-39(42(41,2)28-52)32-15-10-17-34(24-32)44(49,50)51/h5-10,12-19,23-26,41H,3-4,11,20-22,27-28H2,1-2H3/q+1. The van der Waals surface area contributed by atoms with Crippen LogP contribution in [0.4, 0.5) is 26.3 Å². The molecule has 0 radical (unpaired) electrons. The fourth-order valence-corrected chi connectivity index (χ4v) is 9.35. The lowest BCUT2D eigenvalue weighted by Gasteiger charge is -2.48. The highest BCUT2D eigenvalue weighted by Gasteiger charge is 2.53. The van der Waals surface area contributed by atoms with Crippen molar-refractivity contribution in [1.29, 1.82) is 0 Å². The Hall–Kier alpha value is -3.88. The second-order valence-electron chi connectivity index (χ2n) is 14.7. The third kappa shape index (κ3) is 6.62. The number of nitrogens with zero attached hydrogens (tertiary/aromatic N) is 1. The van der Waals surface area contributed by atoms with Crippen LogP contribution in [0.5, 0.6) is 0 Å². The molecule has 3 atom stereocenters. The van der Waals surface area contributed by atoms with Crippen LogP contribution in [0.1, 0.15) is 78.0 Å². The van der Waals surface area contributed by atoms with Crippen molar-refractivity contribution in [2.45, 2.75) is 57.9 Å². The summed E-state index contributed by atoms with van der Waals surface area (Å²) < 4.78 is 86.0. The first kappa shape index (κ1) is 36.5. The fraction of sp³-hybridized carbons (Fsp3) is 0.318. The predicted molar refractivity (Wildman–Crippen MR) is 202 cm³/mol. The fourth-order valence-electron chi connectivity index (χ4n) is 9.09. The van der Waals surface area contributed by atoms with E-state index in [1.165, 1.54) is 24.3 Å². The molecular formula is C44H41BrF6N+. The van der Waals surface area contributed by atoms with Crippen LogP contribution in [0, 0.1) is 5.41 Å². The van der Waals surface area contributed by atoms with Gasteiger partial charge in [-0.3, -0.25) is 0 Å². The molecule has 0 bridgehead atoms. The topological polar surface area (TPSA) is 0 Å². The number of rotatable bonds is 8. The molecule has 52 heavy (non-hydrogen) atoms. The number of hydrogen-bond acceptors (Lipinski definition) is 0. The summed E-state index contributed by atoms with van der Waals surface area (Å²) in [5.74, 6) is -0.297. The lowest BCUT2D eigenvalue weighted by molar-refractivity contribution is -0.945. The SMILES string of the molecule is CCCC[N+]1(CCCBr)Cc2c(-c3cccc(C(F)(F)F)c3)cc3ccccc3c2C2c3ccccc3C=C(c3cccc(C(F)(F)F)c3)C2(C)C1. The first-order valence-corrected chi connectivity index (χ1v) is 19.0. The number of quaternary nitrogens is 1. The molecule has 1 aliphatic carbocycles. The number of fused-ring (bicyclic) bond motifs is 7. The van der Waals surface area contributed by atoms with Gasteiger partial charge in [-0.05, 0) is 93.4 Å². The molecular weight excluding hydrogens is 736 g/mol. The Bertz CT molecular complexity index is 2140. The largest absolute Gasteiger partial charge is 0.416 e. The summed E-state index contributed by atoms with van der Waals surface area (Å²) in [7, 11) is 0. The van der Waals surface area contributed by atoms with E-state index in [2.05, 4.69) is 48.0 Å². The van der Waals surface area contributed by atoms with Gasteiger partial charge < -0.3 is 4.48 Å². The Morgan fingerprint density at radius 2 is 1.38 bits per heavy atom. The van der Waals surface area contributed by atoms with Crippen LogP contribution in [-0.4, -0.2) is 29.4 Å². The van der Waals surface area contributed by atoms with Crippen LogP contribution < -0.4 is 0 Å². The van der Waals surface area contributed by atoms with Crippen molar-refractivity contribution in [3.63, 3.8) is 0 Å². The smallest absolute Gasteiger partial charge is 0.319 e. The molecule has 5 aromatic rings. The van der Waals surface area contributed by atoms with Crippen LogP contribution in [0.25, 0.3) is 33.5 Å². The Labute approximate surface area is 309 Å². The lowest BCUT2D eigenvalue weighted by Crippen LogP contribution is -2.54. The van der Waals surface area contributed by atoms with Gasteiger partial charge in [0, 0.05) is 23.2 Å². The van der Waals surface area contributed by atoms with Gasteiger partial charge >= 0.3 is 12.4 Å². The van der Waals surface area contributed by atoms with E-state index in [0.29, 0.717) is 28.7 Å². The number of halogens is 7. The molecule has 0 N–H and O–H groups in total. The van der Waals surface area contributed by atoms with Gasteiger partial charge in [0.1, 0.15) is 6.54 Å². The molecule has 3 unspecified atom stereocenters. The molecule has 7 rings (SSSR count). The van der Waals surface area contributed by atoms with Crippen LogP contribution in [0.3, 0.4) is 0 Å². The van der Waals surface area contributed by atoms with Crippen molar-refractivity contribution in [3.05, 3.63) is 142 Å². The number of alkyl halides is 7. The minimum absolute atomic E-state index is 0.297. The molecule has 2 aliphatic rings. The maximum absolute atomic E-state index is 14.3. The normalized spacial score (nSPS) is 21.6. The molecule has 270 valence electrons. The van der Waals surface area contributed by atoms with Gasteiger partial charge in [-0.1, -0.05) is 108 Å². The second kappa shape index (κ2) is 13.8. The van der Waals surface area contributed by atoms with E-state index in [0.717, 1.165) is 94.0 Å². The number of unbranched alkanes of at least 4 members (excludes halogenated alkanes) is 1. The summed E-state index contributed by atoms with van der Waals surface area (Å²) in [6.45, 7) is 7.24. The van der Waals surface area contributed by atoms with E-state index >= 15 is 0 Å². The van der Waals surface area contributed by atoms with Gasteiger partial charge in [-0.2, -0.15) is 26.3 Å². The summed E-state index contributed by atoms with van der Waals surface area (Å²) in [5.41, 5.74) is 4.65. The summed E-state index contributed by atoms with van der Waals surface area (Å²) >= 11 is 3.67. The van der Waals surface area contributed by atoms with E-state index in [-0.39, 0.29) is 5.92 Å². The van der Waals surface area contributed by atoms with Crippen molar-refractivity contribution in [1.82, 2.24) is 0 Å². The van der Waals surface area contributed by atoms with Crippen LogP contribution in [-0.2, 0) is 18.9 Å². The van der Waals surface area contributed by atoms with Crippen molar-refractivity contribution in [2.24, 2.45) is 5.41 Å². The summed E-state index contributed by atoms with van der Waals surface area (Å²) in [6, 6.07) is 29.5. The molecule has 1 heterocycles. The predicted octanol–water partition coefficient (Wildman–Crippen LogP) is 13.2. The molecule has 5 aromatic carbocycles. The summed E-state index contributed by atoms with van der Waals surface area (Å²) in [6.07, 6.45) is -4.17. The van der Waals surface area contributed by atoms with Gasteiger partial charge in [0.2, 0.25) is 0 Å². The highest BCUT2D eigenvalue weighted by molar-refractivity contribution is 9.09. The average molecular weight is 778 g/mol. The highest BCUT2D eigenvalue weighted by Crippen LogP contribution is 2.60. The van der Waals surface area contributed by atoms with Crippen LogP contribution >= 0.6 is 15.9 Å². The Balaban J connectivity index is 1.61. The molecule has 1 nitrogen and oxygen atoms in total. The van der Waals surface area contributed by atoms with Crippen molar-refractivity contribution in [3.8, 4) is 11.1 Å².